The highest BCUT2D eigenvalue weighted by Crippen LogP contribution is 2.38. The van der Waals surface area contributed by atoms with E-state index in [0.717, 1.165) is 30.4 Å². The number of halogens is 2. The van der Waals surface area contributed by atoms with E-state index in [1.807, 2.05) is 23.1 Å². The van der Waals surface area contributed by atoms with Crippen molar-refractivity contribution in [1.29, 1.82) is 0 Å². The lowest BCUT2D eigenvalue weighted by molar-refractivity contribution is 0.202. The molecule has 0 radical (unpaired) electrons. The van der Waals surface area contributed by atoms with Crippen molar-refractivity contribution in [2.45, 2.75) is 59.7 Å². The standard InChI is InChI=1S/C32H35ClFN5O5S3/c1-21-17-24(10-14-28(21)34)39-29(32(2,3)23-8-12-25(13-9-23)46(4,41)42)19-35-31(39)45-20-22-7-11-26(18-27(22)33)47(43,44)37-30(40)36-38-15-5-6-16-38/h7-14,17-19H,5-6,15-16,20H2,1-4H3,(H2,36,37,40). The first-order valence-corrected chi connectivity index (χ1v) is 19.4. The minimum atomic E-state index is -4.17. The number of amides is 2. The molecule has 2 amide bonds. The van der Waals surface area contributed by atoms with Gasteiger partial charge < -0.3 is 0 Å². The van der Waals surface area contributed by atoms with Crippen LogP contribution in [0.3, 0.4) is 0 Å². The lowest BCUT2D eigenvalue weighted by Gasteiger charge is -2.28. The van der Waals surface area contributed by atoms with Gasteiger partial charge in [-0.1, -0.05) is 55.4 Å². The lowest BCUT2D eigenvalue weighted by atomic mass is 9.81. The number of rotatable bonds is 10. The molecule has 0 unspecified atom stereocenters. The largest absolute Gasteiger partial charge is 0.343 e. The minimum Gasteiger partial charge on any atom is -0.291 e. The van der Waals surface area contributed by atoms with Crippen LogP contribution in [0.15, 0.2) is 81.8 Å². The van der Waals surface area contributed by atoms with Crippen molar-refractivity contribution in [3.05, 3.63) is 100 Å². The third-order valence-electron chi connectivity index (χ3n) is 8.06. The van der Waals surface area contributed by atoms with Crippen molar-refractivity contribution >= 4 is 49.3 Å². The SMILES string of the molecule is Cc1cc(-n2c(C(C)(C)c3ccc(S(C)(=O)=O)cc3)cnc2SCc2ccc(S(=O)(=O)NC(=O)NN3CCCC3)cc2Cl)ccc1F. The average molecular weight is 720 g/mol. The summed E-state index contributed by atoms with van der Waals surface area (Å²) in [6.45, 7) is 6.98. The summed E-state index contributed by atoms with van der Waals surface area (Å²) < 4.78 is 68.1. The fraction of sp³-hybridized carbons (Fsp3) is 0.312. The molecule has 1 aromatic heterocycles. The number of thioether (sulfide) groups is 1. The quantitative estimate of drug-likeness (QED) is 0.191. The number of sulfone groups is 1. The van der Waals surface area contributed by atoms with E-state index in [-0.39, 0.29) is 20.6 Å². The fourth-order valence-electron chi connectivity index (χ4n) is 5.29. The van der Waals surface area contributed by atoms with Gasteiger partial charge in [0.2, 0.25) is 0 Å². The van der Waals surface area contributed by atoms with Crippen LogP contribution in [0.4, 0.5) is 9.18 Å². The summed E-state index contributed by atoms with van der Waals surface area (Å²) in [7, 11) is -7.54. The first-order valence-electron chi connectivity index (χ1n) is 14.7. The number of aryl methyl sites for hydroxylation is 1. The van der Waals surface area contributed by atoms with Gasteiger partial charge in [-0.25, -0.2) is 40.7 Å². The molecular formula is C32H35ClFN5O5S3. The van der Waals surface area contributed by atoms with Crippen LogP contribution in [-0.2, 0) is 31.0 Å². The van der Waals surface area contributed by atoms with Crippen molar-refractivity contribution in [2.24, 2.45) is 0 Å². The molecule has 0 saturated carbocycles. The fourth-order valence-corrected chi connectivity index (χ4v) is 8.24. The molecule has 10 nitrogen and oxygen atoms in total. The Morgan fingerprint density at radius 2 is 1.66 bits per heavy atom. The second kappa shape index (κ2) is 13.6. The number of aromatic nitrogens is 2. The van der Waals surface area contributed by atoms with E-state index < -0.39 is 31.3 Å². The normalized spacial score (nSPS) is 14.3. The Balaban J connectivity index is 1.41. The zero-order chi connectivity index (χ0) is 34.1. The summed E-state index contributed by atoms with van der Waals surface area (Å²) in [4.78, 5) is 17.0. The average Bonchev–Trinajstić information content (AvgIpc) is 3.67. The molecule has 5 rings (SSSR count). The molecule has 0 aliphatic carbocycles. The van der Waals surface area contributed by atoms with Crippen LogP contribution in [0, 0.1) is 12.7 Å². The Kier molecular flexibility index (Phi) is 10.1. The summed E-state index contributed by atoms with van der Waals surface area (Å²) in [5, 5.41) is 2.44. The minimum absolute atomic E-state index is 0.151. The number of hydrogen-bond acceptors (Lipinski definition) is 8. The van der Waals surface area contributed by atoms with Gasteiger partial charge in [-0.3, -0.25) is 9.99 Å². The molecular weight excluding hydrogens is 685 g/mol. The monoisotopic (exact) mass is 719 g/mol. The molecule has 250 valence electrons. The van der Waals surface area contributed by atoms with Crippen LogP contribution in [-0.4, -0.2) is 56.8 Å². The Hall–Kier alpha value is -3.43. The van der Waals surface area contributed by atoms with Crippen LogP contribution in [0.5, 0.6) is 0 Å². The van der Waals surface area contributed by atoms with Crippen LogP contribution in [0.2, 0.25) is 5.02 Å². The zero-order valence-electron chi connectivity index (χ0n) is 26.2. The molecule has 47 heavy (non-hydrogen) atoms. The van der Waals surface area contributed by atoms with Gasteiger partial charge in [0.15, 0.2) is 15.0 Å². The van der Waals surface area contributed by atoms with Crippen molar-refractivity contribution in [3.63, 3.8) is 0 Å². The van der Waals surface area contributed by atoms with Gasteiger partial charge in [-0.05, 0) is 78.9 Å². The molecule has 1 saturated heterocycles. The number of imidazole rings is 1. The molecule has 15 heteroatoms. The summed E-state index contributed by atoms with van der Waals surface area (Å²) in [5.74, 6) is -0.0209. The molecule has 1 fully saturated rings. The van der Waals surface area contributed by atoms with E-state index in [9.17, 15) is 26.0 Å². The second-order valence-electron chi connectivity index (χ2n) is 11.9. The van der Waals surface area contributed by atoms with E-state index in [1.54, 1.807) is 60.6 Å². The molecule has 1 aliphatic heterocycles. The van der Waals surface area contributed by atoms with E-state index in [1.165, 1.54) is 30.0 Å². The van der Waals surface area contributed by atoms with Gasteiger partial charge in [0.05, 0.1) is 21.7 Å². The number of carbonyl (C=O) groups is 1. The van der Waals surface area contributed by atoms with E-state index in [0.29, 0.717) is 40.8 Å². The van der Waals surface area contributed by atoms with Crippen molar-refractivity contribution in [1.82, 2.24) is 24.7 Å². The van der Waals surface area contributed by atoms with E-state index >= 15 is 0 Å². The van der Waals surface area contributed by atoms with Gasteiger partial charge in [-0.2, -0.15) is 0 Å². The summed E-state index contributed by atoms with van der Waals surface area (Å²) in [6, 6.07) is 14.9. The van der Waals surface area contributed by atoms with Crippen LogP contribution < -0.4 is 10.1 Å². The maximum absolute atomic E-state index is 14.3. The Morgan fingerprint density at radius 1 is 1.00 bits per heavy atom. The summed E-state index contributed by atoms with van der Waals surface area (Å²) in [6.07, 6.45) is 4.74. The van der Waals surface area contributed by atoms with Crippen molar-refractivity contribution < 1.29 is 26.0 Å². The van der Waals surface area contributed by atoms with Gasteiger partial charge in [0.25, 0.3) is 10.0 Å². The Bertz CT molecular complexity index is 2030. The van der Waals surface area contributed by atoms with Crippen LogP contribution in [0.1, 0.15) is 49.1 Å². The molecule has 2 N–H and O–H groups in total. The number of benzene rings is 3. The molecule has 1 aliphatic rings. The van der Waals surface area contributed by atoms with Crippen LogP contribution >= 0.6 is 23.4 Å². The lowest BCUT2D eigenvalue weighted by Crippen LogP contribution is -2.47. The number of hydrogen-bond donors (Lipinski definition) is 2. The number of urea groups is 1. The number of sulfonamides is 1. The van der Waals surface area contributed by atoms with Gasteiger partial charge in [0.1, 0.15) is 5.82 Å². The molecule has 4 aromatic rings. The molecule has 0 spiro atoms. The topological polar surface area (TPSA) is 130 Å². The van der Waals surface area contributed by atoms with Gasteiger partial charge in [0, 0.05) is 41.2 Å². The van der Waals surface area contributed by atoms with E-state index in [4.69, 9.17) is 16.6 Å². The van der Waals surface area contributed by atoms with Crippen molar-refractivity contribution in [2.75, 3.05) is 19.3 Å². The Morgan fingerprint density at radius 3 is 2.28 bits per heavy atom. The number of carbonyl (C=O) groups excluding carboxylic acids is 1. The molecule has 2 heterocycles. The first kappa shape index (κ1) is 34.9. The number of nitrogens with one attached hydrogen (secondary N) is 2. The first-order chi connectivity index (χ1) is 22.1. The molecule has 3 aromatic carbocycles. The number of nitrogens with zero attached hydrogens (tertiary/aromatic N) is 3. The maximum Gasteiger partial charge on any atom is 0.343 e. The highest BCUT2D eigenvalue weighted by molar-refractivity contribution is 7.98. The summed E-state index contributed by atoms with van der Waals surface area (Å²) >= 11 is 7.91. The highest BCUT2D eigenvalue weighted by Gasteiger charge is 2.30. The number of hydrazine groups is 1. The van der Waals surface area contributed by atoms with Crippen molar-refractivity contribution in [3.8, 4) is 5.69 Å². The molecule has 0 bridgehead atoms. The smallest absolute Gasteiger partial charge is 0.291 e. The predicted octanol–water partition coefficient (Wildman–Crippen LogP) is 5.99. The van der Waals surface area contributed by atoms with Crippen LogP contribution in [0.25, 0.3) is 5.69 Å². The van der Waals surface area contributed by atoms with Gasteiger partial charge >= 0.3 is 6.03 Å². The highest BCUT2D eigenvalue weighted by atomic mass is 35.5. The second-order valence-corrected chi connectivity index (χ2v) is 16.9. The third kappa shape index (κ3) is 7.83. The summed E-state index contributed by atoms with van der Waals surface area (Å²) in [5.41, 5.74) is 5.30. The van der Waals surface area contributed by atoms with Gasteiger partial charge in [-0.15, -0.1) is 0 Å². The molecule has 0 atom stereocenters. The van der Waals surface area contributed by atoms with E-state index in [2.05, 4.69) is 5.43 Å². The maximum atomic E-state index is 14.3. The predicted molar refractivity (Wildman–Crippen MR) is 181 cm³/mol. The third-order valence-corrected chi connectivity index (χ3v) is 11.9. The zero-order valence-corrected chi connectivity index (χ0v) is 29.5. The Labute approximate surface area is 283 Å².